The molecule has 1 heteroatoms. The summed E-state index contributed by atoms with van der Waals surface area (Å²) in [6.45, 7) is 2.62. The Kier molecular flexibility index (Phi) is 1.46. The Hall–Kier alpha value is -0.0400. The van der Waals surface area contributed by atoms with Gasteiger partial charge in [0.05, 0.1) is 0 Å². The Morgan fingerprint density at radius 2 is 1.44 bits per heavy atom. The fourth-order valence-electron chi connectivity index (χ4n) is 2.28. The van der Waals surface area contributed by atoms with Gasteiger partial charge >= 0.3 is 0 Å². The summed E-state index contributed by atoms with van der Waals surface area (Å²) in [7, 11) is 0. The second-order valence-corrected chi connectivity index (χ2v) is 3.46. The van der Waals surface area contributed by atoms with Crippen LogP contribution < -0.4 is 5.32 Å². The summed E-state index contributed by atoms with van der Waals surface area (Å²) in [6, 6.07) is 0. The van der Waals surface area contributed by atoms with Gasteiger partial charge in [-0.05, 0) is 37.8 Å². The highest BCUT2D eigenvalue weighted by atomic mass is 14.9. The van der Waals surface area contributed by atoms with Crippen LogP contribution in [0.3, 0.4) is 0 Å². The Labute approximate surface area is 56.8 Å². The van der Waals surface area contributed by atoms with E-state index in [0.29, 0.717) is 0 Å². The van der Waals surface area contributed by atoms with Gasteiger partial charge in [-0.25, -0.2) is 0 Å². The summed E-state index contributed by atoms with van der Waals surface area (Å²) in [5.41, 5.74) is 0. The molecule has 0 aromatic heterocycles. The van der Waals surface area contributed by atoms with Crippen LogP contribution >= 0.6 is 0 Å². The van der Waals surface area contributed by atoms with Crippen molar-refractivity contribution in [1.29, 1.82) is 0 Å². The molecule has 0 spiro atoms. The quantitative estimate of drug-likeness (QED) is 0.516. The first-order valence-corrected chi connectivity index (χ1v) is 4.17. The summed E-state index contributed by atoms with van der Waals surface area (Å²) >= 11 is 0. The van der Waals surface area contributed by atoms with Gasteiger partial charge in [0.1, 0.15) is 0 Å². The molecule has 0 radical (unpaired) electrons. The third-order valence-corrected chi connectivity index (χ3v) is 2.88. The topological polar surface area (TPSA) is 12.0 Å². The zero-order chi connectivity index (χ0) is 6.10. The third-order valence-electron chi connectivity index (χ3n) is 2.88. The largest absolute Gasteiger partial charge is 0.316 e. The van der Waals surface area contributed by atoms with E-state index >= 15 is 0 Å². The summed E-state index contributed by atoms with van der Waals surface area (Å²) in [5.74, 6) is 2.11. The minimum absolute atomic E-state index is 1.05. The molecule has 0 aromatic carbocycles. The maximum Gasteiger partial charge on any atom is -0.00173 e. The van der Waals surface area contributed by atoms with Crippen molar-refractivity contribution in [1.82, 2.24) is 5.32 Å². The molecule has 1 nitrogen and oxygen atoms in total. The average molecular weight is 125 g/mol. The van der Waals surface area contributed by atoms with E-state index < -0.39 is 0 Å². The van der Waals surface area contributed by atoms with Crippen LogP contribution in [0.15, 0.2) is 0 Å². The maximum absolute atomic E-state index is 3.46. The van der Waals surface area contributed by atoms with Gasteiger partial charge < -0.3 is 5.32 Å². The van der Waals surface area contributed by atoms with Gasteiger partial charge in [-0.15, -0.1) is 0 Å². The zero-order valence-corrected chi connectivity index (χ0v) is 5.90. The molecule has 1 unspecified atom stereocenters. The molecule has 52 valence electrons. The van der Waals surface area contributed by atoms with E-state index in [0.717, 1.165) is 11.8 Å². The fourth-order valence-corrected chi connectivity index (χ4v) is 2.28. The van der Waals surface area contributed by atoms with E-state index in [1.54, 1.807) is 0 Å². The number of hydrogen-bond donors (Lipinski definition) is 1. The highest BCUT2D eigenvalue weighted by molar-refractivity contribution is 4.83. The molecular formula is C8H15N. The molecule has 0 amide bonds. The lowest BCUT2D eigenvalue weighted by Crippen LogP contribution is -2.16. The first-order valence-electron chi connectivity index (χ1n) is 4.17. The van der Waals surface area contributed by atoms with Gasteiger partial charge in [-0.3, -0.25) is 0 Å². The Morgan fingerprint density at radius 1 is 0.889 bits per heavy atom. The van der Waals surface area contributed by atoms with Crippen molar-refractivity contribution in [2.24, 2.45) is 11.8 Å². The third kappa shape index (κ3) is 0.983. The molecule has 1 heterocycles. The van der Waals surface area contributed by atoms with Crippen LogP contribution in [0.25, 0.3) is 0 Å². The van der Waals surface area contributed by atoms with Crippen molar-refractivity contribution >= 4 is 0 Å². The van der Waals surface area contributed by atoms with Crippen LogP contribution in [0.4, 0.5) is 0 Å². The fraction of sp³-hybridized carbons (Fsp3) is 1.00. The van der Waals surface area contributed by atoms with E-state index in [1.165, 1.54) is 38.8 Å². The number of fused-ring (bicyclic) bond motifs is 1. The van der Waals surface area contributed by atoms with Crippen molar-refractivity contribution < 1.29 is 0 Å². The van der Waals surface area contributed by atoms with Crippen molar-refractivity contribution in [3.8, 4) is 0 Å². The van der Waals surface area contributed by atoms with Crippen LogP contribution in [-0.4, -0.2) is 13.1 Å². The minimum atomic E-state index is 1.05. The summed E-state index contributed by atoms with van der Waals surface area (Å²) in [5, 5.41) is 3.46. The van der Waals surface area contributed by atoms with Gasteiger partial charge in [-0.1, -0.05) is 12.8 Å². The van der Waals surface area contributed by atoms with Gasteiger partial charge in [-0.2, -0.15) is 0 Å². The predicted molar refractivity (Wildman–Crippen MR) is 38.3 cm³/mol. The molecule has 2 atom stereocenters. The van der Waals surface area contributed by atoms with Gasteiger partial charge in [0.25, 0.3) is 0 Å². The highest BCUT2D eigenvalue weighted by Gasteiger charge is 2.28. The lowest BCUT2D eigenvalue weighted by Gasteiger charge is -2.23. The second-order valence-electron chi connectivity index (χ2n) is 3.46. The molecule has 1 N–H and O–H groups in total. The lowest BCUT2D eigenvalue weighted by atomic mass is 9.82. The molecule has 2 rings (SSSR count). The monoisotopic (exact) mass is 125 g/mol. The molecule has 1 saturated carbocycles. The van der Waals surface area contributed by atoms with Crippen molar-refractivity contribution in [2.75, 3.05) is 13.1 Å². The maximum atomic E-state index is 3.46. The Balaban J connectivity index is 1.97. The molecule has 0 bridgehead atoms. The van der Waals surface area contributed by atoms with E-state index in [2.05, 4.69) is 5.32 Å². The molecule has 1 aliphatic heterocycles. The number of rotatable bonds is 0. The summed E-state index contributed by atoms with van der Waals surface area (Å²) < 4.78 is 0. The summed E-state index contributed by atoms with van der Waals surface area (Å²) in [6.07, 6.45) is 5.97. The first-order chi connectivity index (χ1) is 4.47. The molecule has 9 heavy (non-hydrogen) atoms. The van der Waals surface area contributed by atoms with Crippen LogP contribution in [-0.2, 0) is 0 Å². The van der Waals surface area contributed by atoms with Gasteiger partial charge in [0, 0.05) is 0 Å². The molecule has 2 fully saturated rings. The second kappa shape index (κ2) is 2.30. The SMILES string of the molecule is C1CC[C@H]2CNCC2C1. The van der Waals surface area contributed by atoms with Crippen LogP contribution in [0.1, 0.15) is 25.7 Å². The molecule has 1 aliphatic carbocycles. The Morgan fingerprint density at radius 3 is 2.00 bits per heavy atom. The Bertz CT molecular complexity index is 88.7. The minimum Gasteiger partial charge on any atom is -0.316 e. The van der Waals surface area contributed by atoms with Crippen LogP contribution in [0.5, 0.6) is 0 Å². The van der Waals surface area contributed by atoms with E-state index in [-0.39, 0.29) is 0 Å². The standard InChI is InChI=1S/C8H15N/c1-2-4-8-6-9-5-7(8)3-1/h7-9H,1-6H2/t7-,8?/m0/s1. The van der Waals surface area contributed by atoms with Crippen molar-refractivity contribution in [2.45, 2.75) is 25.7 Å². The molecule has 1 saturated heterocycles. The number of hydrogen-bond acceptors (Lipinski definition) is 1. The van der Waals surface area contributed by atoms with Gasteiger partial charge in [0.15, 0.2) is 0 Å². The molecular weight excluding hydrogens is 110 g/mol. The average Bonchev–Trinajstić information content (AvgIpc) is 2.33. The highest BCUT2D eigenvalue weighted by Crippen LogP contribution is 2.31. The normalized spacial score (nSPS) is 42.7. The van der Waals surface area contributed by atoms with E-state index in [1.807, 2.05) is 0 Å². The number of nitrogens with one attached hydrogen (secondary N) is 1. The van der Waals surface area contributed by atoms with Crippen LogP contribution in [0.2, 0.25) is 0 Å². The molecule has 2 aliphatic rings. The van der Waals surface area contributed by atoms with Crippen molar-refractivity contribution in [3.63, 3.8) is 0 Å². The van der Waals surface area contributed by atoms with Crippen LogP contribution in [0, 0.1) is 11.8 Å². The smallest absolute Gasteiger partial charge is 0.00173 e. The van der Waals surface area contributed by atoms with E-state index in [4.69, 9.17) is 0 Å². The molecule has 0 aromatic rings. The summed E-state index contributed by atoms with van der Waals surface area (Å²) in [4.78, 5) is 0. The predicted octanol–water partition coefficient (Wildman–Crippen LogP) is 1.40. The lowest BCUT2D eigenvalue weighted by molar-refractivity contribution is 0.299. The van der Waals surface area contributed by atoms with Gasteiger partial charge in [0.2, 0.25) is 0 Å². The zero-order valence-electron chi connectivity index (χ0n) is 5.90. The first kappa shape index (κ1) is 5.72. The van der Waals surface area contributed by atoms with Crippen molar-refractivity contribution in [3.05, 3.63) is 0 Å². The van der Waals surface area contributed by atoms with E-state index in [9.17, 15) is 0 Å².